The van der Waals surface area contributed by atoms with E-state index >= 15 is 0 Å². The van der Waals surface area contributed by atoms with Crippen molar-refractivity contribution in [1.29, 1.82) is 0 Å². The van der Waals surface area contributed by atoms with Crippen LogP contribution in [0.2, 0.25) is 0 Å². The van der Waals surface area contributed by atoms with Crippen molar-refractivity contribution >= 4 is 5.69 Å². The zero-order valence-electron chi connectivity index (χ0n) is 14.9. The van der Waals surface area contributed by atoms with E-state index in [1.807, 2.05) is 0 Å². The van der Waals surface area contributed by atoms with Crippen LogP contribution in [0.5, 0.6) is 5.75 Å². The molecule has 0 aliphatic heterocycles. The minimum Gasteiger partial charge on any atom is -0.497 e. The van der Waals surface area contributed by atoms with Gasteiger partial charge in [-0.3, -0.25) is 0 Å². The molecule has 0 aliphatic rings. The molecule has 1 rings (SSSR count). The van der Waals surface area contributed by atoms with Gasteiger partial charge in [0.25, 0.3) is 0 Å². The van der Waals surface area contributed by atoms with E-state index < -0.39 is 0 Å². The van der Waals surface area contributed by atoms with Gasteiger partial charge in [-0.15, -0.1) is 0 Å². The van der Waals surface area contributed by atoms with Crippen LogP contribution in [0.25, 0.3) is 0 Å². The lowest BCUT2D eigenvalue weighted by molar-refractivity contribution is 0.411. The summed E-state index contributed by atoms with van der Waals surface area (Å²) in [5.74, 6) is 2.35. The van der Waals surface area contributed by atoms with Crippen LogP contribution in [-0.2, 0) is 0 Å². The number of ether oxygens (including phenoxy) is 1. The Kier molecular flexibility index (Phi) is 7.07. The van der Waals surface area contributed by atoms with Crippen LogP contribution < -0.4 is 9.64 Å². The van der Waals surface area contributed by atoms with Gasteiger partial charge in [-0.2, -0.15) is 0 Å². The smallest absolute Gasteiger partial charge is 0.119 e. The SMILES string of the molecule is COc1ccc(N(C(C)CC(C)C)C(C)CC(C)C)cc1. The van der Waals surface area contributed by atoms with Gasteiger partial charge in [-0.25, -0.2) is 0 Å². The lowest BCUT2D eigenvalue weighted by atomic mass is 9.97. The van der Waals surface area contributed by atoms with Crippen molar-refractivity contribution in [3.05, 3.63) is 24.3 Å². The fraction of sp³-hybridized carbons (Fsp3) is 0.684. The number of hydrogen-bond acceptors (Lipinski definition) is 2. The maximum Gasteiger partial charge on any atom is 0.119 e. The molecule has 0 radical (unpaired) electrons. The van der Waals surface area contributed by atoms with Gasteiger partial charge >= 0.3 is 0 Å². The Bertz CT molecular complexity index is 381. The van der Waals surface area contributed by atoms with Gasteiger partial charge in [-0.1, -0.05) is 27.7 Å². The highest BCUT2D eigenvalue weighted by atomic mass is 16.5. The van der Waals surface area contributed by atoms with Crippen LogP contribution in [0.1, 0.15) is 54.4 Å². The lowest BCUT2D eigenvalue weighted by Crippen LogP contribution is -2.41. The van der Waals surface area contributed by atoms with E-state index in [0.717, 1.165) is 5.75 Å². The van der Waals surface area contributed by atoms with E-state index in [4.69, 9.17) is 4.74 Å². The predicted molar refractivity (Wildman–Crippen MR) is 93.3 cm³/mol. The number of methoxy groups -OCH3 is 1. The van der Waals surface area contributed by atoms with Crippen LogP contribution in [0.4, 0.5) is 5.69 Å². The van der Waals surface area contributed by atoms with Crippen molar-refractivity contribution in [2.75, 3.05) is 12.0 Å². The number of rotatable bonds is 8. The fourth-order valence-electron chi connectivity index (χ4n) is 3.29. The minimum absolute atomic E-state index is 0.548. The summed E-state index contributed by atoms with van der Waals surface area (Å²) in [6.45, 7) is 13.9. The van der Waals surface area contributed by atoms with Crippen molar-refractivity contribution in [1.82, 2.24) is 0 Å². The Labute approximate surface area is 131 Å². The second-order valence-electron chi connectivity index (χ2n) is 7.06. The molecule has 0 aliphatic carbocycles. The molecular weight excluding hydrogens is 258 g/mol. The molecule has 0 heterocycles. The fourth-order valence-corrected chi connectivity index (χ4v) is 3.29. The van der Waals surface area contributed by atoms with E-state index in [1.165, 1.54) is 18.5 Å². The van der Waals surface area contributed by atoms with Gasteiger partial charge < -0.3 is 9.64 Å². The summed E-state index contributed by atoms with van der Waals surface area (Å²) in [6.07, 6.45) is 2.43. The Morgan fingerprint density at radius 1 is 0.810 bits per heavy atom. The maximum absolute atomic E-state index is 5.28. The van der Waals surface area contributed by atoms with Crippen LogP contribution in [0.15, 0.2) is 24.3 Å². The maximum atomic E-state index is 5.28. The minimum atomic E-state index is 0.548. The van der Waals surface area contributed by atoms with E-state index in [9.17, 15) is 0 Å². The van der Waals surface area contributed by atoms with Crippen molar-refractivity contribution in [2.24, 2.45) is 11.8 Å². The highest BCUT2D eigenvalue weighted by Crippen LogP contribution is 2.27. The Morgan fingerprint density at radius 2 is 1.24 bits per heavy atom. The van der Waals surface area contributed by atoms with Crippen molar-refractivity contribution in [2.45, 2.75) is 66.5 Å². The monoisotopic (exact) mass is 291 g/mol. The molecule has 0 saturated carbocycles. The summed E-state index contributed by atoms with van der Waals surface area (Å²) in [4.78, 5) is 2.58. The largest absolute Gasteiger partial charge is 0.497 e. The average Bonchev–Trinajstić information content (AvgIpc) is 2.38. The molecule has 0 saturated heterocycles. The molecular formula is C19H33NO. The Balaban J connectivity index is 2.98. The number of hydrogen-bond donors (Lipinski definition) is 0. The van der Waals surface area contributed by atoms with Crippen LogP contribution in [-0.4, -0.2) is 19.2 Å². The summed E-state index contributed by atoms with van der Waals surface area (Å²) in [5, 5.41) is 0. The predicted octanol–water partition coefficient (Wildman–Crippen LogP) is 5.37. The summed E-state index contributed by atoms with van der Waals surface area (Å²) in [7, 11) is 1.72. The van der Waals surface area contributed by atoms with E-state index in [0.29, 0.717) is 23.9 Å². The molecule has 0 bridgehead atoms. The lowest BCUT2D eigenvalue weighted by Gasteiger charge is -2.38. The van der Waals surface area contributed by atoms with Crippen LogP contribution in [0, 0.1) is 11.8 Å². The van der Waals surface area contributed by atoms with Gasteiger partial charge in [0.15, 0.2) is 0 Å². The topological polar surface area (TPSA) is 12.5 Å². The molecule has 1 aromatic carbocycles. The zero-order chi connectivity index (χ0) is 16.0. The molecule has 0 spiro atoms. The van der Waals surface area contributed by atoms with Gasteiger partial charge in [0.05, 0.1) is 7.11 Å². The van der Waals surface area contributed by atoms with E-state index in [2.05, 4.69) is 70.7 Å². The van der Waals surface area contributed by atoms with Crippen molar-refractivity contribution in [3.8, 4) is 5.75 Å². The van der Waals surface area contributed by atoms with Crippen molar-refractivity contribution < 1.29 is 4.74 Å². The number of anilines is 1. The third-order valence-electron chi connectivity index (χ3n) is 3.95. The summed E-state index contributed by atoms with van der Waals surface area (Å²) in [6, 6.07) is 9.59. The standard InChI is InChI=1S/C19H33NO/c1-14(2)12-16(5)20(17(6)13-15(3)4)18-8-10-19(21-7)11-9-18/h8-11,14-17H,12-13H2,1-7H3. The molecule has 0 aromatic heterocycles. The molecule has 2 atom stereocenters. The molecule has 0 fully saturated rings. The quantitative estimate of drug-likeness (QED) is 0.638. The van der Waals surface area contributed by atoms with E-state index in [1.54, 1.807) is 7.11 Å². The molecule has 0 N–H and O–H groups in total. The Hall–Kier alpha value is -1.18. The first-order valence-electron chi connectivity index (χ1n) is 8.27. The highest BCUT2D eigenvalue weighted by Gasteiger charge is 2.22. The Morgan fingerprint density at radius 3 is 1.57 bits per heavy atom. The summed E-state index contributed by atoms with van der Waals surface area (Å²) < 4.78 is 5.28. The normalized spacial score (nSPS) is 14.3. The summed E-state index contributed by atoms with van der Waals surface area (Å²) >= 11 is 0. The zero-order valence-corrected chi connectivity index (χ0v) is 14.9. The van der Waals surface area contributed by atoms with Crippen LogP contribution in [0.3, 0.4) is 0 Å². The third kappa shape index (κ3) is 5.61. The van der Waals surface area contributed by atoms with Crippen molar-refractivity contribution in [3.63, 3.8) is 0 Å². The molecule has 2 unspecified atom stereocenters. The second-order valence-corrected chi connectivity index (χ2v) is 7.06. The van der Waals surface area contributed by atoms with Gasteiger partial charge in [0.1, 0.15) is 5.75 Å². The first-order valence-corrected chi connectivity index (χ1v) is 8.27. The molecule has 1 aromatic rings. The van der Waals surface area contributed by atoms with E-state index in [-0.39, 0.29) is 0 Å². The van der Waals surface area contributed by atoms with Gasteiger partial charge in [0, 0.05) is 17.8 Å². The highest BCUT2D eigenvalue weighted by molar-refractivity contribution is 5.50. The van der Waals surface area contributed by atoms with Gasteiger partial charge in [-0.05, 0) is 62.8 Å². The molecule has 0 amide bonds. The first kappa shape index (κ1) is 17.9. The number of nitrogens with zero attached hydrogens (tertiary/aromatic N) is 1. The molecule has 2 nitrogen and oxygen atoms in total. The molecule has 21 heavy (non-hydrogen) atoms. The first-order chi connectivity index (χ1) is 9.85. The van der Waals surface area contributed by atoms with Crippen LogP contribution >= 0.6 is 0 Å². The third-order valence-corrected chi connectivity index (χ3v) is 3.95. The van der Waals surface area contributed by atoms with Gasteiger partial charge in [0.2, 0.25) is 0 Å². The molecule has 2 heteroatoms. The average molecular weight is 291 g/mol. The second kappa shape index (κ2) is 8.31. The number of benzene rings is 1. The summed E-state index contributed by atoms with van der Waals surface area (Å²) in [5.41, 5.74) is 1.30. The molecule has 120 valence electrons.